The Hall–Kier alpha value is -6.95. The molecule has 3 heterocycles. The Bertz CT molecular complexity index is 2990. The summed E-state index contributed by atoms with van der Waals surface area (Å²) in [5.41, 5.74) is 11.1. The number of aromatic nitrogens is 3. The van der Waals surface area contributed by atoms with E-state index in [0.29, 0.717) is 17.5 Å². The van der Waals surface area contributed by atoms with E-state index in [1.807, 2.05) is 35.6 Å². The zero-order valence-corrected chi connectivity index (χ0v) is 31.0. The minimum Gasteiger partial charge on any atom is -0.484 e. The maximum absolute atomic E-state index is 6.98. The molecular weight excluding hydrogens is 703 g/mol. The van der Waals surface area contributed by atoms with Gasteiger partial charge in [-0.3, -0.25) is 0 Å². The van der Waals surface area contributed by atoms with E-state index < -0.39 is 0 Å². The molecule has 0 fully saturated rings. The minimum atomic E-state index is -0.196. The SMILES string of the molecule is C1=CC2Oc3c(-c4ccc(-c5ccccc5)c5c4sc4ccccc45)cccc3C2C(c2nc(-c3ccccc3)nc(-c3ccc(-c4ccccc4)cc3)n2)=C1. The average molecular weight is 736 g/mol. The number of rotatable bonds is 6. The van der Waals surface area contributed by atoms with Crippen molar-refractivity contribution in [2.75, 3.05) is 0 Å². The molecule has 0 radical (unpaired) electrons. The normalized spacial score (nSPS) is 15.7. The molecule has 2 atom stereocenters. The highest BCUT2D eigenvalue weighted by Gasteiger charge is 2.40. The average Bonchev–Trinajstić information content (AvgIpc) is 3.87. The lowest BCUT2D eigenvalue weighted by molar-refractivity contribution is 0.272. The van der Waals surface area contributed by atoms with Gasteiger partial charge in [0.2, 0.25) is 0 Å². The zero-order valence-electron chi connectivity index (χ0n) is 30.2. The summed E-state index contributed by atoms with van der Waals surface area (Å²) >= 11 is 1.85. The van der Waals surface area contributed by atoms with Crippen LogP contribution in [0.5, 0.6) is 5.75 Å². The fourth-order valence-electron chi connectivity index (χ4n) is 8.30. The predicted molar refractivity (Wildman–Crippen MR) is 231 cm³/mol. The third kappa shape index (κ3) is 5.47. The Kier molecular flexibility index (Phi) is 7.78. The second kappa shape index (κ2) is 13.4. The van der Waals surface area contributed by atoms with Crippen LogP contribution in [0.3, 0.4) is 0 Å². The van der Waals surface area contributed by atoms with Crippen LogP contribution in [0.25, 0.3) is 81.9 Å². The fraction of sp³-hybridized carbons (Fsp3) is 0.0392. The summed E-state index contributed by atoms with van der Waals surface area (Å²) in [6.45, 7) is 0. The van der Waals surface area contributed by atoms with E-state index in [-0.39, 0.29) is 12.0 Å². The Morgan fingerprint density at radius 2 is 1.05 bits per heavy atom. The molecule has 5 heteroatoms. The number of hydrogen-bond acceptors (Lipinski definition) is 5. The first kappa shape index (κ1) is 32.5. The standard InChI is InChI=1S/C51H33N3OS/c1-4-14-32(15-5-1)33-26-28-36(29-27-33)50-52-49(35-18-8-3-9-19-35)53-51(54-50)42-23-13-24-43-45(42)41-22-12-21-38(47(41)55-43)39-31-30-37(34-16-6-2-7-17-34)46-40-20-10-11-25-44(40)56-48(39)46/h1-31,43,45H. The van der Waals surface area contributed by atoms with Crippen LogP contribution in [-0.4, -0.2) is 21.1 Å². The van der Waals surface area contributed by atoms with E-state index in [9.17, 15) is 0 Å². The summed E-state index contributed by atoms with van der Waals surface area (Å²) < 4.78 is 9.51. The van der Waals surface area contributed by atoms with Crippen molar-refractivity contribution >= 4 is 37.1 Å². The van der Waals surface area contributed by atoms with E-state index in [1.165, 1.54) is 42.4 Å². The first-order valence-electron chi connectivity index (χ1n) is 18.9. The largest absolute Gasteiger partial charge is 0.484 e. The molecule has 11 rings (SSSR count). The van der Waals surface area contributed by atoms with Gasteiger partial charge in [-0.25, -0.2) is 15.0 Å². The molecule has 0 amide bonds. The maximum Gasteiger partial charge on any atom is 0.164 e. The third-order valence-corrected chi connectivity index (χ3v) is 12.2. The molecule has 0 bridgehead atoms. The third-order valence-electron chi connectivity index (χ3n) is 11.0. The molecule has 264 valence electrons. The van der Waals surface area contributed by atoms with E-state index in [2.05, 4.69) is 164 Å². The van der Waals surface area contributed by atoms with Crippen LogP contribution in [0.2, 0.25) is 0 Å². The van der Waals surface area contributed by atoms with Crippen LogP contribution in [-0.2, 0) is 0 Å². The van der Waals surface area contributed by atoms with Crippen LogP contribution < -0.4 is 4.74 Å². The van der Waals surface area contributed by atoms with Crippen LogP contribution in [0.4, 0.5) is 0 Å². The first-order chi connectivity index (χ1) is 27.8. The summed E-state index contributed by atoms with van der Waals surface area (Å²) in [5, 5.41) is 2.56. The van der Waals surface area contributed by atoms with Crippen LogP contribution in [0.1, 0.15) is 17.3 Å². The molecule has 4 nitrogen and oxygen atoms in total. The number of hydrogen-bond donors (Lipinski definition) is 0. The highest BCUT2D eigenvalue weighted by atomic mass is 32.1. The van der Waals surface area contributed by atoms with Crippen LogP contribution in [0, 0.1) is 0 Å². The van der Waals surface area contributed by atoms with E-state index in [0.717, 1.165) is 39.1 Å². The summed E-state index contributed by atoms with van der Waals surface area (Å²) in [6.07, 6.45) is 6.20. The topological polar surface area (TPSA) is 47.9 Å². The smallest absolute Gasteiger partial charge is 0.164 e. The Morgan fingerprint density at radius 1 is 0.464 bits per heavy atom. The molecule has 2 aliphatic rings. The summed E-state index contributed by atoms with van der Waals surface area (Å²) in [5.74, 6) is 2.76. The van der Waals surface area contributed by atoms with Crippen molar-refractivity contribution in [3.8, 4) is 61.9 Å². The molecule has 1 aliphatic carbocycles. The van der Waals surface area contributed by atoms with Gasteiger partial charge in [0, 0.05) is 53.6 Å². The van der Waals surface area contributed by atoms with Gasteiger partial charge in [-0.05, 0) is 34.4 Å². The van der Waals surface area contributed by atoms with Crippen molar-refractivity contribution in [3.63, 3.8) is 0 Å². The second-order valence-electron chi connectivity index (χ2n) is 14.2. The predicted octanol–water partition coefficient (Wildman–Crippen LogP) is 13.1. The molecule has 2 aromatic heterocycles. The Labute approximate surface area is 328 Å². The monoisotopic (exact) mass is 735 g/mol. The lowest BCUT2D eigenvalue weighted by atomic mass is 9.83. The highest BCUT2D eigenvalue weighted by molar-refractivity contribution is 7.26. The summed E-state index contributed by atoms with van der Waals surface area (Å²) in [4.78, 5) is 15.4. The fourth-order valence-corrected chi connectivity index (χ4v) is 9.55. The first-order valence-corrected chi connectivity index (χ1v) is 19.7. The molecule has 9 aromatic rings. The molecule has 0 spiro atoms. The molecule has 2 unspecified atom stereocenters. The van der Waals surface area contributed by atoms with Crippen LogP contribution >= 0.6 is 11.3 Å². The number of para-hydroxylation sites is 1. The number of benzene rings is 7. The van der Waals surface area contributed by atoms with Gasteiger partial charge in [-0.15, -0.1) is 11.3 Å². The second-order valence-corrected chi connectivity index (χ2v) is 15.3. The van der Waals surface area contributed by atoms with Gasteiger partial charge in [0.15, 0.2) is 17.5 Å². The number of allylic oxidation sites excluding steroid dienone is 2. The maximum atomic E-state index is 6.98. The van der Waals surface area contributed by atoms with Gasteiger partial charge in [0.05, 0.1) is 5.92 Å². The zero-order chi connectivity index (χ0) is 37.0. The highest BCUT2D eigenvalue weighted by Crippen LogP contribution is 2.53. The van der Waals surface area contributed by atoms with Crippen molar-refractivity contribution in [1.82, 2.24) is 15.0 Å². The van der Waals surface area contributed by atoms with Crippen molar-refractivity contribution in [2.45, 2.75) is 12.0 Å². The van der Waals surface area contributed by atoms with Crippen molar-refractivity contribution < 1.29 is 4.74 Å². The van der Waals surface area contributed by atoms with E-state index >= 15 is 0 Å². The molecule has 0 saturated heterocycles. The minimum absolute atomic E-state index is 0.0872. The van der Waals surface area contributed by atoms with Gasteiger partial charge in [-0.2, -0.15) is 0 Å². The Morgan fingerprint density at radius 3 is 1.80 bits per heavy atom. The van der Waals surface area contributed by atoms with Gasteiger partial charge in [0.1, 0.15) is 11.9 Å². The molecular formula is C51H33N3OS. The quantitative estimate of drug-likeness (QED) is 0.171. The van der Waals surface area contributed by atoms with E-state index in [4.69, 9.17) is 19.7 Å². The molecule has 56 heavy (non-hydrogen) atoms. The number of ether oxygens (including phenoxy) is 1. The molecule has 7 aromatic carbocycles. The summed E-state index contributed by atoms with van der Waals surface area (Å²) in [6, 6.07) is 59.6. The van der Waals surface area contributed by atoms with Gasteiger partial charge in [-0.1, -0.05) is 176 Å². The molecule has 0 saturated carbocycles. The van der Waals surface area contributed by atoms with Crippen molar-refractivity contribution in [1.29, 1.82) is 0 Å². The molecule has 1 aliphatic heterocycles. The van der Waals surface area contributed by atoms with Crippen molar-refractivity contribution in [2.24, 2.45) is 0 Å². The van der Waals surface area contributed by atoms with Crippen molar-refractivity contribution in [3.05, 3.63) is 199 Å². The number of fused-ring (bicyclic) bond motifs is 6. The summed E-state index contributed by atoms with van der Waals surface area (Å²) in [7, 11) is 0. The Balaban J connectivity index is 1.04. The van der Waals surface area contributed by atoms with E-state index in [1.54, 1.807) is 0 Å². The van der Waals surface area contributed by atoms with Gasteiger partial charge in [0.25, 0.3) is 0 Å². The lowest BCUT2D eigenvalue weighted by Crippen LogP contribution is -2.20. The molecule has 0 N–H and O–H groups in total. The van der Waals surface area contributed by atoms with Crippen LogP contribution in [0.15, 0.2) is 188 Å². The number of nitrogens with zero attached hydrogens (tertiary/aromatic N) is 3. The lowest BCUT2D eigenvalue weighted by Gasteiger charge is -2.22. The van der Waals surface area contributed by atoms with Gasteiger partial charge < -0.3 is 4.74 Å². The number of thiophene rings is 1. The van der Waals surface area contributed by atoms with Gasteiger partial charge >= 0.3 is 0 Å².